The van der Waals surface area contributed by atoms with Gasteiger partial charge < -0.3 is 18.8 Å². The Kier molecular flexibility index (Phi) is 7.10. The number of aryl methyl sites for hydroxylation is 1. The van der Waals surface area contributed by atoms with Crippen LogP contribution in [0.1, 0.15) is 37.8 Å². The van der Waals surface area contributed by atoms with Crippen LogP contribution in [-0.4, -0.2) is 55.0 Å². The minimum absolute atomic E-state index is 0.0983. The van der Waals surface area contributed by atoms with E-state index in [1.165, 1.54) is 18.2 Å². The number of furan rings is 1. The Bertz CT molecular complexity index is 1100. The van der Waals surface area contributed by atoms with E-state index < -0.39 is 5.97 Å². The van der Waals surface area contributed by atoms with Gasteiger partial charge in [0.1, 0.15) is 18.1 Å². The Morgan fingerprint density at radius 1 is 0.970 bits per heavy atom. The van der Waals surface area contributed by atoms with Crippen molar-refractivity contribution in [3.63, 3.8) is 0 Å². The van der Waals surface area contributed by atoms with Gasteiger partial charge in [0, 0.05) is 32.7 Å². The summed E-state index contributed by atoms with van der Waals surface area (Å²) in [6, 6.07) is 18.6. The summed E-state index contributed by atoms with van der Waals surface area (Å²) < 4.78 is 16.1. The van der Waals surface area contributed by atoms with Gasteiger partial charge in [-0.1, -0.05) is 29.8 Å². The van der Waals surface area contributed by atoms with Gasteiger partial charge in [0.25, 0.3) is 5.91 Å². The summed E-state index contributed by atoms with van der Waals surface area (Å²) in [6.45, 7) is 6.19. The Balaban J connectivity index is 1.26. The molecule has 1 fully saturated rings. The van der Waals surface area contributed by atoms with Gasteiger partial charge in [-0.15, -0.1) is 0 Å². The second-order valence-corrected chi connectivity index (χ2v) is 8.13. The number of rotatable bonds is 7. The monoisotopic (exact) mass is 448 g/mol. The van der Waals surface area contributed by atoms with E-state index in [2.05, 4.69) is 40.8 Å². The van der Waals surface area contributed by atoms with Crippen LogP contribution < -0.4 is 4.74 Å². The second kappa shape index (κ2) is 10.4. The normalized spacial score (nSPS) is 14.2. The van der Waals surface area contributed by atoms with Crippen LogP contribution in [0.3, 0.4) is 0 Å². The number of piperazine rings is 1. The van der Waals surface area contributed by atoms with E-state index in [1.807, 2.05) is 4.90 Å². The highest BCUT2D eigenvalue weighted by molar-refractivity contribution is 5.91. The van der Waals surface area contributed by atoms with Crippen molar-refractivity contribution in [2.45, 2.75) is 20.1 Å². The molecule has 0 aliphatic carbocycles. The molecule has 1 aliphatic heterocycles. The predicted octanol–water partition coefficient (Wildman–Crippen LogP) is 3.91. The quantitative estimate of drug-likeness (QED) is 0.511. The molecule has 1 amide bonds. The van der Waals surface area contributed by atoms with E-state index in [9.17, 15) is 9.59 Å². The van der Waals surface area contributed by atoms with Gasteiger partial charge in [0.2, 0.25) is 0 Å². The molecule has 0 bridgehead atoms. The molecular weight excluding hydrogens is 420 g/mol. The van der Waals surface area contributed by atoms with Crippen LogP contribution in [0, 0.1) is 6.92 Å². The fraction of sp³-hybridized carbons (Fsp3) is 0.308. The van der Waals surface area contributed by atoms with Crippen molar-refractivity contribution in [1.29, 1.82) is 0 Å². The van der Waals surface area contributed by atoms with Gasteiger partial charge in [-0.25, -0.2) is 4.79 Å². The third kappa shape index (κ3) is 5.81. The Morgan fingerprint density at radius 3 is 2.42 bits per heavy atom. The molecular formula is C26H28N2O5. The standard InChI is InChI=1S/C26H28N2O5/c1-19-4-3-5-20(16-19)17-27-12-14-28(15-13-27)25(29)24-11-10-23(33-24)18-32-22-8-6-21(7-9-22)26(30)31-2/h3-11,16H,12-15,17-18H2,1-2H3. The number of hydrogen-bond donors (Lipinski definition) is 0. The Hall–Kier alpha value is -3.58. The molecule has 2 aromatic carbocycles. The fourth-order valence-corrected chi connectivity index (χ4v) is 3.86. The number of amides is 1. The van der Waals surface area contributed by atoms with Crippen molar-refractivity contribution in [1.82, 2.24) is 9.80 Å². The highest BCUT2D eigenvalue weighted by atomic mass is 16.5. The van der Waals surface area contributed by atoms with Crippen LogP contribution in [0.2, 0.25) is 0 Å². The van der Waals surface area contributed by atoms with Crippen LogP contribution in [0.15, 0.2) is 65.1 Å². The predicted molar refractivity (Wildman–Crippen MR) is 123 cm³/mol. The van der Waals surface area contributed by atoms with E-state index in [-0.39, 0.29) is 12.5 Å². The van der Waals surface area contributed by atoms with Crippen molar-refractivity contribution in [2.24, 2.45) is 0 Å². The van der Waals surface area contributed by atoms with Gasteiger partial charge >= 0.3 is 5.97 Å². The maximum Gasteiger partial charge on any atom is 0.337 e. The van der Waals surface area contributed by atoms with Gasteiger partial charge in [-0.2, -0.15) is 0 Å². The summed E-state index contributed by atoms with van der Waals surface area (Å²) in [5.74, 6) is 0.984. The minimum Gasteiger partial charge on any atom is -0.486 e. The first-order chi connectivity index (χ1) is 16.0. The van der Waals surface area contributed by atoms with Gasteiger partial charge in [-0.3, -0.25) is 9.69 Å². The van der Waals surface area contributed by atoms with Gasteiger partial charge in [0.15, 0.2) is 5.76 Å². The summed E-state index contributed by atoms with van der Waals surface area (Å²) in [7, 11) is 1.34. The molecule has 0 atom stereocenters. The molecule has 1 saturated heterocycles. The summed E-state index contributed by atoms with van der Waals surface area (Å²) in [6.07, 6.45) is 0. The maximum absolute atomic E-state index is 12.9. The fourth-order valence-electron chi connectivity index (χ4n) is 3.86. The molecule has 1 aliphatic rings. The maximum atomic E-state index is 12.9. The molecule has 2 heterocycles. The van der Waals surface area contributed by atoms with Crippen molar-refractivity contribution < 1.29 is 23.5 Å². The van der Waals surface area contributed by atoms with E-state index in [0.29, 0.717) is 35.9 Å². The average Bonchev–Trinajstić information content (AvgIpc) is 3.32. The van der Waals surface area contributed by atoms with Gasteiger partial charge in [-0.05, 0) is 48.9 Å². The SMILES string of the molecule is COC(=O)c1ccc(OCc2ccc(C(=O)N3CCN(Cc4cccc(C)c4)CC3)o2)cc1. The first kappa shape index (κ1) is 22.6. The molecule has 0 radical (unpaired) electrons. The molecule has 3 aromatic rings. The van der Waals surface area contributed by atoms with Crippen molar-refractivity contribution in [2.75, 3.05) is 33.3 Å². The first-order valence-corrected chi connectivity index (χ1v) is 11.0. The zero-order chi connectivity index (χ0) is 23.2. The molecule has 172 valence electrons. The van der Waals surface area contributed by atoms with Crippen LogP contribution in [0.25, 0.3) is 0 Å². The Labute approximate surface area is 193 Å². The molecule has 1 aromatic heterocycles. The van der Waals surface area contributed by atoms with Crippen molar-refractivity contribution in [3.05, 3.63) is 88.9 Å². The number of carbonyl (C=O) groups excluding carboxylic acids is 2. The first-order valence-electron chi connectivity index (χ1n) is 11.0. The number of hydrogen-bond acceptors (Lipinski definition) is 6. The highest BCUT2D eigenvalue weighted by Crippen LogP contribution is 2.18. The average molecular weight is 449 g/mol. The topological polar surface area (TPSA) is 72.2 Å². The third-order valence-electron chi connectivity index (χ3n) is 5.68. The molecule has 7 heteroatoms. The van der Waals surface area contributed by atoms with Crippen LogP contribution in [0.4, 0.5) is 0 Å². The van der Waals surface area contributed by atoms with E-state index in [0.717, 1.165) is 19.6 Å². The number of carbonyl (C=O) groups is 2. The van der Waals surface area contributed by atoms with Crippen molar-refractivity contribution in [3.8, 4) is 5.75 Å². The number of methoxy groups -OCH3 is 1. The zero-order valence-corrected chi connectivity index (χ0v) is 19.0. The smallest absolute Gasteiger partial charge is 0.337 e. The molecule has 0 spiro atoms. The van der Waals surface area contributed by atoms with Crippen LogP contribution >= 0.6 is 0 Å². The molecule has 0 unspecified atom stereocenters. The number of esters is 1. The van der Waals surface area contributed by atoms with E-state index >= 15 is 0 Å². The molecule has 33 heavy (non-hydrogen) atoms. The van der Waals surface area contributed by atoms with Crippen molar-refractivity contribution >= 4 is 11.9 Å². The summed E-state index contributed by atoms with van der Waals surface area (Å²) in [5.41, 5.74) is 3.01. The zero-order valence-electron chi connectivity index (χ0n) is 19.0. The number of benzene rings is 2. The lowest BCUT2D eigenvalue weighted by atomic mass is 10.1. The van der Waals surface area contributed by atoms with Gasteiger partial charge in [0.05, 0.1) is 12.7 Å². The van der Waals surface area contributed by atoms with Crippen LogP contribution in [-0.2, 0) is 17.9 Å². The molecule has 0 saturated carbocycles. The molecule has 4 rings (SSSR count). The largest absolute Gasteiger partial charge is 0.486 e. The van der Waals surface area contributed by atoms with E-state index in [4.69, 9.17) is 9.15 Å². The summed E-state index contributed by atoms with van der Waals surface area (Å²) >= 11 is 0. The highest BCUT2D eigenvalue weighted by Gasteiger charge is 2.24. The summed E-state index contributed by atoms with van der Waals surface area (Å²) in [4.78, 5) is 28.6. The van der Waals surface area contributed by atoms with Crippen LogP contribution in [0.5, 0.6) is 5.75 Å². The lowest BCUT2D eigenvalue weighted by Gasteiger charge is -2.34. The van der Waals surface area contributed by atoms with E-state index in [1.54, 1.807) is 36.4 Å². The number of nitrogens with zero attached hydrogens (tertiary/aromatic N) is 2. The third-order valence-corrected chi connectivity index (χ3v) is 5.68. The molecule has 0 N–H and O–H groups in total. The summed E-state index contributed by atoms with van der Waals surface area (Å²) in [5, 5.41) is 0. The lowest BCUT2D eigenvalue weighted by molar-refractivity contribution is 0.0590. The second-order valence-electron chi connectivity index (χ2n) is 8.13. The minimum atomic E-state index is -0.397. The number of ether oxygens (including phenoxy) is 2. The molecule has 7 nitrogen and oxygen atoms in total. The Morgan fingerprint density at radius 2 is 1.73 bits per heavy atom. The lowest BCUT2D eigenvalue weighted by Crippen LogP contribution is -2.48.